The highest BCUT2D eigenvalue weighted by atomic mass is 16.5. The second-order valence-corrected chi connectivity index (χ2v) is 3.55. The molecule has 1 aliphatic heterocycles. The number of rotatable bonds is 4. The first-order valence-electron chi connectivity index (χ1n) is 5.23. The quantitative estimate of drug-likeness (QED) is 0.803. The summed E-state index contributed by atoms with van der Waals surface area (Å²) in [7, 11) is 0. The second kappa shape index (κ2) is 5.46. The first kappa shape index (κ1) is 10.1. The highest BCUT2D eigenvalue weighted by Gasteiger charge is 2.09. The lowest BCUT2D eigenvalue weighted by Crippen LogP contribution is -2.29. The van der Waals surface area contributed by atoms with E-state index in [2.05, 4.69) is 21.6 Å². The molecule has 2 rings (SSSR count). The Morgan fingerprint density at radius 2 is 2.53 bits per heavy atom. The first-order valence-corrected chi connectivity index (χ1v) is 5.23. The van der Waals surface area contributed by atoms with Crippen LogP contribution in [0.1, 0.15) is 18.5 Å². The molecule has 0 fully saturated rings. The van der Waals surface area contributed by atoms with Gasteiger partial charge >= 0.3 is 0 Å². The maximum absolute atomic E-state index is 5.44. The summed E-state index contributed by atoms with van der Waals surface area (Å²) in [4.78, 5) is 0. The molecule has 4 heteroatoms. The molecule has 0 spiro atoms. The average Bonchev–Trinajstić information content (AvgIpc) is 2.32. The van der Waals surface area contributed by atoms with Crippen molar-refractivity contribution in [1.29, 1.82) is 0 Å². The topological polar surface area (TPSA) is 47.0 Å². The number of aromatic nitrogens is 2. The van der Waals surface area contributed by atoms with Crippen LogP contribution in [0.5, 0.6) is 0 Å². The monoisotopic (exact) mass is 205 g/mol. The molecule has 1 aliphatic rings. The van der Waals surface area contributed by atoms with Crippen LogP contribution in [0.3, 0.4) is 0 Å². The molecule has 15 heavy (non-hydrogen) atoms. The van der Waals surface area contributed by atoms with E-state index in [0.29, 0.717) is 6.10 Å². The lowest BCUT2D eigenvalue weighted by Gasteiger charge is -2.19. The van der Waals surface area contributed by atoms with Gasteiger partial charge in [-0.3, -0.25) is 0 Å². The molecule has 1 atom stereocenters. The Morgan fingerprint density at radius 1 is 1.53 bits per heavy atom. The van der Waals surface area contributed by atoms with Crippen LogP contribution in [-0.2, 0) is 11.3 Å². The van der Waals surface area contributed by atoms with E-state index in [-0.39, 0.29) is 0 Å². The minimum atomic E-state index is 0.298. The van der Waals surface area contributed by atoms with Crippen LogP contribution in [0.15, 0.2) is 30.7 Å². The van der Waals surface area contributed by atoms with Gasteiger partial charge < -0.3 is 10.1 Å². The number of ether oxygens (including phenoxy) is 1. The number of allylic oxidation sites excluding steroid dienone is 1. The van der Waals surface area contributed by atoms with Crippen molar-refractivity contribution in [2.45, 2.75) is 25.5 Å². The minimum Gasteiger partial charge on any atom is -0.497 e. The van der Waals surface area contributed by atoms with E-state index in [1.54, 1.807) is 12.5 Å². The molecule has 1 N–H and O–H groups in total. The highest BCUT2D eigenvalue weighted by molar-refractivity contribution is 4.98. The molecule has 0 aliphatic carbocycles. The van der Waals surface area contributed by atoms with Gasteiger partial charge in [0.05, 0.1) is 12.0 Å². The Labute approximate surface area is 89.4 Å². The molecular formula is C11H15N3O. The lowest BCUT2D eigenvalue weighted by atomic mass is 10.1. The molecule has 1 aromatic heterocycles. The molecule has 0 amide bonds. The molecule has 0 aromatic carbocycles. The third-order valence-corrected chi connectivity index (χ3v) is 2.33. The van der Waals surface area contributed by atoms with Crippen molar-refractivity contribution >= 4 is 0 Å². The maximum Gasteiger partial charge on any atom is 0.110 e. The van der Waals surface area contributed by atoms with Gasteiger partial charge in [-0.05, 0) is 31.1 Å². The Hall–Kier alpha value is -1.42. The van der Waals surface area contributed by atoms with Gasteiger partial charge in [0.2, 0.25) is 0 Å². The molecule has 4 nitrogen and oxygen atoms in total. The van der Waals surface area contributed by atoms with Gasteiger partial charge in [0.25, 0.3) is 0 Å². The normalized spacial score (nSPS) is 19.9. The molecule has 0 saturated carbocycles. The third-order valence-electron chi connectivity index (χ3n) is 2.33. The van der Waals surface area contributed by atoms with Gasteiger partial charge in [0.15, 0.2) is 0 Å². The van der Waals surface area contributed by atoms with Crippen LogP contribution in [0.25, 0.3) is 0 Å². The average molecular weight is 205 g/mol. The predicted molar refractivity (Wildman–Crippen MR) is 57.0 cm³/mol. The van der Waals surface area contributed by atoms with Crippen LogP contribution < -0.4 is 5.32 Å². The number of hydrogen-bond acceptors (Lipinski definition) is 4. The van der Waals surface area contributed by atoms with Gasteiger partial charge in [-0.15, -0.1) is 0 Å². The fourth-order valence-electron chi connectivity index (χ4n) is 1.52. The maximum atomic E-state index is 5.44. The van der Waals surface area contributed by atoms with Gasteiger partial charge in [0.1, 0.15) is 6.10 Å². The van der Waals surface area contributed by atoms with E-state index in [4.69, 9.17) is 4.74 Å². The summed E-state index contributed by atoms with van der Waals surface area (Å²) in [6, 6.07) is 3.85. The SMILES string of the molecule is C1=COC(CNCc2cccnn2)CC1. The van der Waals surface area contributed by atoms with Crippen LogP contribution in [-0.4, -0.2) is 22.8 Å². The van der Waals surface area contributed by atoms with Crippen LogP contribution in [0, 0.1) is 0 Å². The van der Waals surface area contributed by atoms with Crippen molar-refractivity contribution in [1.82, 2.24) is 15.5 Å². The molecule has 80 valence electrons. The van der Waals surface area contributed by atoms with Crippen LogP contribution >= 0.6 is 0 Å². The van der Waals surface area contributed by atoms with Gasteiger partial charge in [0, 0.05) is 19.3 Å². The van der Waals surface area contributed by atoms with E-state index in [1.807, 2.05) is 12.1 Å². The van der Waals surface area contributed by atoms with Gasteiger partial charge in [-0.2, -0.15) is 10.2 Å². The highest BCUT2D eigenvalue weighted by Crippen LogP contribution is 2.08. The Kier molecular flexibility index (Phi) is 3.68. The number of nitrogens with one attached hydrogen (secondary N) is 1. The van der Waals surface area contributed by atoms with E-state index in [1.165, 1.54) is 0 Å². The van der Waals surface area contributed by atoms with Crippen molar-refractivity contribution < 1.29 is 4.74 Å². The van der Waals surface area contributed by atoms with Crippen molar-refractivity contribution in [2.24, 2.45) is 0 Å². The van der Waals surface area contributed by atoms with E-state index in [0.717, 1.165) is 31.6 Å². The zero-order valence-electron chi connectivity index (χ0n) is 8.60. The fourth-order valence-corrected chi connectivity index (χ4v) is 1.52. The predicted octanol–water partition coefficient (Wildman–Crippen LogP) is 1.26. The van der Waals surface area contributed by atoms with E-state index < -0.39 is 0 Å². The Morgan fingerprint density at radius 3 is 3.27 bits per heavy atom. The van der Waals surface area contributed by atoms with Crippen LogP contribution in [0.2, 0.25) is 0 Å². The summed E-state index contributed by atoms with van der Waals surface area (Å²) in [5.41, 5.74) is 0.962. The van der Waals surface area contributed by atoms with E-state index in [9.17, 15) is 0 Å². The molecule has 2 heterocycles. The van der Waals surface area contributed by atoms with E-state index >= 15 is 0 Å². The smallest absolute Gasteiger partial charge is 0.110 e. The largest absolute Gasteiger partial charge is 0.497 e. The van der Waals surface area contributed by atoms with Crippen molar-refractivity contribution in [3.8, 4) is 0 Å². The summed E-state index contributed by atoms with van der Waals surface area (Å²) in [6.45, 7) is 1.61. The lowest BCUT2D eigenvalue weighted by molar-refractivity contribution is 0.122. The zero-order chi connectivity index (χ0) is 10.3. The molecular weight excluding hydrogens is 190 g/mol. The molecule has 1 aromatic rings. The van der Waals surface area contributed by atoms with Gasteiger partial charge in [-0.25, -0.2) is 0 Å². The summed E-state index contributed by atoms with van der Waals surface area (Å²) < 4.78 is 5.44. The van der Waals surface area contributed by atoms with Gasteiger partial charge in [-0.1, -0.05) is 0 Å². The number of nitrogens with zero attached hydrogens (tertiary/aromatic N) is 2. The summed E-state index contributed by atoms with van der Waals surface area (Å²) >= 11 is 0. The molecule has 0 radical (unpaired) electrons. The van der Waals surface area contributed by atoms with Crippen LogP contribution in [0.4, 0.5) is 0 Å². The van der Waals surface area contributed by atoms with Crippen molar-refractivity contribution in [3.05, 3.63) is 36.4 Å². The first-order chi connectivity index (χ1) is 7.45. The second-order valence-electron chi connectivity index (χ2n) is 3.55. The van der Waals surface area contributed by atoms with Crippen molar-refractivity contribution in [3.63, 3.8) is 0 Å². The zero-order valence-corrected chi connectivity index (χ0v) is 8.60. The molecule has 0 saturated heterocycles. The van der Waals surface area contributed by atoms with Crippen molar-refractivity contribution in [2.75, 3.05) is 6.54 Å². The Bertz CT molecular complexity index is 313. The fraction of sp³-hybridized carbons (Fsp3) is 0.455. The molecule has 0 bridgehead atoms. The summed E-state index contributed by atoms with van der Waals surface area (Å²) in [5, 5.41) is 11.1. The number of hydrogen-bond donors (Lipinski definition) is 1. The third kappa shape index (κ3) is 3.32. The molecule has 1 unspecified atom stereocenters. The minimum absolute atomic E-state index is 0.298. The summed E-state index contributed by atoms with van der Waals surface area (Å²) in [5.74, 6) is 0. The Balaban J connectivity index is 1.68. The summed E-state index contributed by atoms with van der Waals surface area (Å²) in [6.07, 6.45) is 8.02. The standard InChI is InChI=1S/C11H15N3O/c1-2-7-15-11(5-1)9-12-8-10-4-3-6-13-14-10/h2-4,6-7,11-12H,1,5,8-9H2.